The van der Waals surface area contributed by atoms with E-state index in [0.717, 1.165) is 0 Å². The molecule has 1 N–H and O–H groups in total. The lowest BCUT2D eigenvalue weighted by atomic mass is 10.1. The van der Waals surface area contributed by atoms with Crippen molar-refractivity contribution in [2.75, 3.05) is 6.61 Å². The van der Waals surface area contributed by atoms with Crippen molar-refractivity contribution >= 4 is 5.97 Å². The quantitative estimate of drug-likeness (QED) is 0.831. The summed E-state index contributed by atoms with van der Waals surface area (Å²) in [6.07, 6.45) is -0.941. The van der Waals surface area contributed by atoms with E-state index in [4.69, 9.17) is 9.84 Å². The van der Waals surface area contributed by atoms with Gasteiger partial charge in [0, 0.05) is 6.42 Å². The molecule has 0 radical (unpaired) electrons. The highest BCUT2D eigenvalue weighted by atomic mass is 19.1. The molecular weight excluding hydrogens is 223 g/mol. The van der Waals surface area contributed by atoms with Crippen LogP contribution in [0.2, 0.25) is 0 Å². The molecule has 0 amide bonds. The van der Waals surface area contributed by atoms with Crippen molar-refractivity contribution in [2.24, 2.45) is 5.92 Å². The molecule has 4 heteroatoms. The first-order chi connectivity index (χ1) is 8.00. The number of hydrogen-bond acceptors (Lipinski definition) is 2. The van der Waals surface area contributed by atoms with Crippen LogP contribution in [0.15, 0.2) is 24.3 Å². The first-order valence-corrected chi connectivity index (χ1v) is 5.58. The summed E-state index contributed by atoms with van der Waals surface area (Å²) in [5, 5.41) is 8.99. The van der Waals surface area contributed by atoms with E-state index in [9.17, 15) is 9.18 Å². The second-order valence-electron chi connectivity index (χ2n) is 4.35. The lowest BCUT2D eigenvalue weighted by molar-refractivity contribution is -0.151. The van der Waals surface area contributed by atoms with Gasteiger partial charge in [0.25, 0.3) is 0 Å². The molecule has 0 unspecified atom stereocenters. The smallest absolute Gasteiger partial charge is 0.333 e. The van der Waals surface area contributed by atoms with E-state index in [1.165, 1.54) is 6.07 Å². The molecule has 94 valence electrons. The highest BCUT2D eigenvalue weighted by Gasteiger charge is 2.20. The summed E-state index contributed by atoms with van der Waals surface area (Å²) in [5.74, 6) is -1.21. The third-order valence-corrected chi connectivity index (χ3v) is 2.27. The molecule has 1 rings (SSSR count). The molecule has 3 nitrogen and oxygen atoms in total. The van der Waals surface area contributed by atoms with Gasteiger partial charge in [0.1, 0.15) is 5.82 Å². The van der Waals surface area contributed by atoms with E-state index >= 15 is 0 Å². The van der Waals surface area contributed by atoms with Gasteiger partial charge < -0.3 is 9.84 Å². The Hall–Kier alpha value is -1.42. The molecule has 0 saturated carbocycles. The van der Waals surface area contributed by atoms with E-state index in [1.54, 1.807) is 18.2 Å². The van der Waals surface area contributed by atoms with Gasteiger partial charge in [-0.25, -0.2) is 9.18 Å². The first-order valence-electron chi connectivity index (χ1n) is 5.58. The van der Waals surface area contributed by atoms with E-state index in [1.807, 2.05) is 13.8 Å². The van der Waals surface area contributed by atoms with Gasteiger partial charge in [0.15, 0.2) is 6.10 Å². The zero-order chi connectivity index (χ0) is 12.8. The fraction of sp³-hybridized carbons (Fsp3) is 0.462. The van der Waals surface area contributed by atoms with E-state index in [-0.39, 0.29) is 12.3 Å². The van der Waals surface area contributed by atoms with Crippen LogP contribution >= 0.6 is 0 Å². The monoisotopic (exact) mass is 240 g/mol. The van der Waals surface area contributed by atoms with Crippen LogP contribution in [0.1, 0.15) is 19.4 Å². The third kappa shape index (κ3) is 4.53. The van der Waals surface area contributed by atoms with Crippen molar-refractivity contribution in [3.05, 3.63) is 35.6 Å². The average Bonchev–Trinajstić information content (AvgIpc) is 2.25. The highest BCUT2D eigenvalue weighted by molar-refractivity contribution is 5.72. The molecule has 0 saturated heterocycles. The summed E-state index contributed by atoms with van der Waals surface area (Å²) in [5.41, 5.74) is 0.364. The lowest BCUT2D eigenvalue weighted by Gasteiger charge is -2.15. The summed E-state index contributed by atoms with van der Waals surface area (Å²) in [6, 6.07) is 6.14. The van der Waals surface area contributed by atoms with Gasteiger partial charge in [0.05, 0.1) is 6.61 Å². The Morgan fingerprint density at radius 1 is 1.41 bits per heavy atom. The summed E-state index contributed by atoms with van der Waals surface area (Å²) in [6.45, 7) is 4.22. The number of hydrogen-bond donors (Lipinski definition) is 1. The van der Waals surface area contributed by atoms with Gasteiger partial charge in [-0.05, 0) is 17.5 Å². The van der Waals surface area contributed by atoms with E-state index in [2.05, 4.69) is 0 Å². The van der Waals surface area contributed by atoms with Gasteiger partial charge >= 0.3 is 5.97 Å². The van der Waals surface area contributed by atoms with Crippen molar-refractivity contribution < 1.29 is 19.0 Å². The number of carboxylic acid groups (broad SMARTS) is 1. The minimum absolute atomic E-state index is 0.0503. The molecule has 0 heterocycles. The minimum Gasteiger partial charge on any atom is -0.479 e. The molecule has 0 aromatic heterocycles. The standard InChI is InChI=1S/C13H17FO3/c1-9(2)8-17-12(13(15)16)7-10-5-3-4-6-11(10)14/h3-6,9,12H,7-8H2,1-2H3,(H,15,16)/t12-/m1/s1. The van der Waals surface area contributed by atoms with Crippen molar-refractivity contribution in [3.8, 4) is 0 Å². The Morgan fingerprint density at radius 3 is 2.59 bits per heavy atom. The Balaban J connectivity index is 2.67. The average molecular weight is 240 g/mol. The highest BCUT2D eigenvalue weighted by Crippen LogP contribution is 2.12. The normalized spacial score (nSPS) is 12.7. The Kier molecular flexibility index (Phi) is 5.10. The molecule has 1 aromatic carbocycles. The Labute approximate surface area is 100 Å². The van der Waals surface area contributed by atoms with Crippen molar-refractivity contribution in [3.63, 3.8) is 0 Å². The van der Waals surface area contributed by atoms with Crippen LogP contribution in [0.3, 0.4) is 0 Å². The van der Waals surface area contributed by atoms with Crippen LogP contribution in [0.4, 0.5) is 4.39 Å². The fourth-order valence-electron chi connectivity index (χ4n) is 1.39. The third-order valence-electron chi connectivity index (χ3n) is 2.27. The molecule has 0 aliphatic rings. The fourth-order valence-corrected chi connectivity index (χ4v) is 1.39. The molecule has 0 bridgehead atoms. The lowest BCUT2D eigenvalue weighted by Crippen LogP contribution is -2.28. The van der Waals surface area contributed by atoms with Crippen LogP contribution in [0, 0.1) is 11.7 Å². The van der Waals surface area contributed by atoms with Crippen molar-refractivity contribution in [2.45, 2.75) is 26.4 Å². The SMILES string of the molecule is CC(C)CO[C@H](Cc1ccccc1F)C(=O)O. The summed E-state index contributed by atoms with van der Waals surface area (Å²) in [7, 11) is 0. The first kappa shape index (κ1) is 13.6. The number of benzene rings is 1. The zero-order valence-corrected chi connectivity index (χ0v) is 10.0. The molecule has 1 atom stereocenters. The summed E-state index contributed by atoms with van der Waals surface area (Å²) in [4.78, 5) is 11.0. The molecular formula is C13H17FO3. The number of aliphatic carboxylic acids is 1. The molecule has 0 aliphatic heterocycles. The summed E-state index contributed by atoms with van der Waals surface area (Å²) < 4.78 is 18.6. The predicted molar refractivity (Wildman–Crippen MR) is 62.3 cm³/mol. The molecule has 1 aromatic rings. The minimum atomic E-state index is -1.06. The Bertz CT molecular complexity index is 377. The summed E-state index contributed by atoms with van der Waals surface area (Å²) >= 11 is 0. The zero-order valence-electron chi connectivity index (χ0n) is 10.0. The van der Waals surface area contributed by atoms with Gasteiger partial charge in [0.2, 0.25) is 0 Å². The van der Waals surface area contributed by atoms with Crippen LogP contribution in [0.5, 0.6) is 0 Å². The maximum Gasteiger partial charge on any atom is 0.333 e. The van der Waals surface area contributed by atoms with Crippen LogP contribution in [-0.4, -0.2) is 23.8 Å². The number of ether oxygens (including phenoxy) is 1. The Morgan fingerprint density at radius 2 is 2.06 bits per heavy atom. The maximum atomic E-state index is 13.4. The second kappa shape index (κ2) is 6.35. The number of rotatable bonds is 6. The van der Waals surface area contributed by atoms with Gasteiger partial charge in [-0.15, -0.1) is 0 Å². The van der Waals surface area contributed by atoms with Crippen molar-refractivity contribution in [1.82, 2.24) is 0 Å². The van der Waals surface area contributed by atoms with Crippen molar-refractivity contribution in [1.29, 1.82) is 0 Å². The van der Waals surface area contributed by atoms with Crippen LogP contribution in [0.25, 0.3) is 0 Å². The molecule has 0 aliphatic carbocycles. The topological polar surface area (TPSA) is 46.5 Å². The molecule has 0 fully saturated rings. The number of carboxylic acids is 1. The largest absolute Gasteiger partial charge is 0.479 e. The van der Waals surface area contributed by atoms with E-state index in [0.29, 0.717) is 12.2 Å². The van der Waals surface area contributed by atoms with Crippen LogP contribution < -0.4 is 0 Å². The van der Waals surface area contributed by atoms with Gasteiger partial charge in [-0.3, -0.25) is 0 Å². The number of halogens is 1. The van der Waals surface area contributed by atoms with Gasteiger partial charge in [-0.1, -0.05) is 32.0 Å². The molecule has 17 heavy (non-hydrogen) atoms. The number of carbonyl (C=O) groups is 1. The maximum absolute atomic E-state index is 13.4. The van der Waals surface area contributed by atoms with Crippen LogP contribution in [-0.2, 0) is 16.0 Å². The predicted octanol–water partition coefficient (Wildman–Crippen LogP) is 2.49. The molecule has 0 spiro atoms. The second-order valence-corrected chi connectivity index (χ2v) is 4.35. The van der Waals surface area contributed by atoms with Gasteiger partial charge in [-0.2, -0.15) is 0 Å². The van der Waals surface area contributed by atoms with E-state index < -0.39 is 17.9 Å².